The second kappa shape index (κ2) is 5.32. The normalized spacial score (nSPS) is 21.7. The Hall–Kier alpha value is -2.16. The maximum Gasteiger partial charge on any atom is 0.438 e. The van der Waals surface area contributed by atoms with Gasteiger partial charge >= 0.3 is 6.18 Å². The summed E-state index contributed by atoms with van der Waals surface area (Å²) in [5.74, 6) is -1.60. The fourth-order valence-electron chi connectivity index (χ4n) is 1.68. The van der Waals surface area contributed by atoms with Crippen LogP contribution in [0, 0.1) is 5.82 Å². The Kier molecular flexibility index (Phi) is 3.86. The summed E-state index contributed by atoms with van der Waals surface area (Å²) in [5.41, 5.74) is -3.36. The molecule has 0 radical (unpaired) electrons. The molecule has 1 aromatic carbocycles. The van der Waals surface area contributed by atoms with Gasteiger partial charge in [-0.15, -0.1) is 0 Å². The highest BCUT2D eigenvalue weighted by Gasteiger charge is 2.61. The molecule has 0 aromatic heterocycles. The first-order valence-corrected chi connectivity index (χ1v) is 5.77. The smallest absolute Gasteiger partial charge is 0.438 e. The standard InChI is InChI=1S/C12H10F4N2O3/c13-8-1-3-9(4-2-8)21-7-10(19)18-11(20,5-6-17-18)12(14,15)16/h1-4,6,20H,5,7H2/t11-/m0/s1. The monoisotopic (exact) mass is 306 g/mol. The largest absolute Gasteiger partial charge is 0.484 e. The first kappa shape index (κ1) is 15.2. The second-order valence-corrected chi connectivity index (χ2v) is 4.26. The number of amides is 1. The number of halogens is 4. The van der Waals surface area contributed by atoms with E-state index in [4.69, 9.17) is 4.74 Å². The highest BCUT2D eigenvalue weighted by molar-refractivity contribution is 5.81. The van der Waals surface area contributed by atoms with Crippen molar-refractivity contribution in [3.63, 3.8) is 0 Å². The molecule has 0 aliphatic carbocycles. The number of carbonyl (C=O) groups excluding carboxylic acids is 1. The fourth-order valence-corrected chi connectivity index (χ4v) is 1.68. The number of hydrogen-bond donors (Lipinski definition) is 1. The van der Waals surface area contributed by atoms with Crippen molar-refractivity contribution in [1.29, 1.82) is 0 Å². The number of nitrogens with zero attached hydrogens (tertiary/aromatic N) is 2. The number of hydrazone groups is 1. The minimum absolute atomic E-state index is 0.0590. The molecule has 0 spiro atoms. The molecule has 0 bridgehead atoms. The third-order valence-electron chi connectivity index (χ3n) is 2.79. The topological polar surface area (TPSA) is 62.1 Å². The van der Waals surface area contributed by atoms with E-state index in [2.05, 4.69) is 5.10 Å². The predicted molar refractivity (Wildman–Crippen MR) is 62.9 cm³/mol. The number of benzene rings is 1. The van der Waals surface area contributed by atoms with Crippen molar-refractivity contribution in [2.75, 3.05) is 6.61 Å². The molecule has 1 amide bonds. The van der Waals surface area contributed by atoms with Crippen LogP contribution in [0.25, 0.3) is 0 Å². The summed E-state index contributed by atoms with van der Waals surface area (Å²) >= 11 is 0. The molecule has 21 heavy (non-hydrogen) atoms. The molecular formula is C12H10F4N2O3. The molecule has 0 unspecified atom stereocenters. The number of ether oxygens (including phenoxy) is 1. The Morgan fingerprint density at radius 2 is 2.00 bits per heavy atom. The predicted octanol–water partition coefficient (Wildman–Crippen LogP) is 1.67. The van der Waals surface area contributed by atoms with Crippen LogP contribution in [-0.2, 0) is 4.79 Å². The van der Waals surface area contributed by atoms with E-state index in [1.54, 1.807) is 0 Å². The van der Waals surface area contributed by atoms with Crippen LogP contribution in [0.15, 0.2) is 29.4 Å². The zero-order chi connectivity index (χ0) is 15.7. The van der Waals surface area contributed by atoms with Gasteiger partial charge in [0.1, 0.15) is 11.6 Å². The minimum Gasteiger partial charge on any atom is -0.484 e. The van der Waals surface area contributed by atoms with Gasteiger partial charge in [-0.2, -0.15) is 23.3 Å². The zero-order valence-corrected chi connectivity index (χ0v) is 10.5. The summed E-state index contributed by atoms with van der Waals surface area (Å²) < 4.78 is 55.9. The highest BCUT2D eigenvalue weighted by atomic mass is 19.4. The van der Waals surface area contributed by atoms with E-state index in [-0.39, 0.29) is 10.8 Å². The molecule has 1 aliphatic heterocycles. The number of carbonyl (C=O) groups is 1. The van der Waals surface area contributed by atoms with Crippen LogP contribution in [0.4, 0.5) is 17.6 Å². The summed E-state index contributed by atoms with van der Waals surface area (Å²) in [7, 11) is 0. The summed E-state index contributed by atoms with van der Waals surface area (Å²) in [6, 6.07) is 4.57. The van der Waals surface area contributed by atoms with Crippen LogP contribution < -0.4 is 4.74 Å². The van der Waals surface area contributed by atoms with E-state index in [0.717, 1.165) is 18.3 Å². The van der Waals surface area contributed by atoms with Gasteiger partial charge in [0.05, 0.1) is 0 Å². The van der Waals surface area contributed by atoms with Crippen LogP contribution >= 0.6 is 0 Å². The van der Waals surface area contributed by atoms with Gasteiger partial charge < -0.3 is 9.84 Å². The van der Waals surface area contributed by atoms with Crippen LogP contribution in [0.3, 0.4) is 0 Å². The van der Waals surface area contributed by atoms with Gasteiger partial charge in [-0.25, -0.2) is 4.39 Å². The molecule has 114 valence electrons. The zero-order valence-electron chi connectivity index (χ0n) is 10.5. The molecular weight excluding hydrogens is 296 g/mol. The second-order valence-electron chi connectivity index (χ2n) is 4.26. The molecule has 1 aliphatic rings. The number of rotatable bonds is 3. The lowest BCUT2D eigenvalue weighted by Gasteiger charge is -2.32. The van der Waals surface area contributed by atoms with Gasteiger partial charge in [0.2, 0.25) is 0 Å². The third kappa shape index (κ3) is 2.97. The van der Waals surface area contributed by atoms with Gasteiger partial charge in [-0.05, 0) is 24.3 Å². The average Bonchev–Trinajstić information content (AvgIpc) is 2.81. The van der Waals surface area contributed by atoms with Gasteiger partial charge in [0, 0.05) is 12.6 Å². The third-order valence-corrected chi connectivity index (χ3v) is 2.79. The summed E-state index contributed by atoms with van der Waals surface area (Å²) in [4.78, 5) is 11.7. The molecule has 1 aromatic rings. The lowest BCUT2D eigenvalue weighted by molar-refractivity contribution is -0.302. The maximum atomic E-state index is 12.8. The fraction of sp³-hybridized carbons (Fsp3) is 0.333. The molecule has 5 nitrogen and oxygen atoms in total. The Morgan fingerprint density at radius 3 is 2.57 bits per heavy atom. The van der Waals surface area contributed by atoms with Crippen molar-refractivity contribution in [3.8, 4) is 5.75 Å². The van der Waals surface area contributed by atoms with Crippen LogP contribution in [-0.4, -0.2) is 40.7 Å². The number of aliphatic hydroxyl groups is 1. The Balaban J connectivity index is 2.03. The lowest BCUT2D eigenvalue weighted by atomic mass is 10.1. The van der Waals surface area contributed by atoms with Crippen molar-refractivity contribution < 1.29 is 32.2 Å². The first-order valence-electron chi connectivity index (χ1n) is 5.77. The van der Waals surface area contributed by atoms with E-state index in [9.17, 15) is 27.5 Å². The van der Waals surface area contributed by atoms with Gasteiger partial charge in [0.25, 0.3) is 11.6 Å². The molecule has 1 atom stereocenters. The van der Waals surface area contributed by atoms with Crippen molar-refractivity contribution >= 4 is 12.1 Å². The molecule has 2 rings (SSSR count). The van der Waals surface area contributed by atoms with Crippen molar-refractivity contribution in [1.82, 2.24) is 5.01 Å². The maximum absolute atomic E-state index is 12.8. The van der Waals surface area contributed by atoms with E-state index < -0.39 is 36.7 Å². The summed E-state index contributed by atoms with van der Waals surface area (Å²) in [6.07, 6.45) is -5.10. The summed E-state index contributed by atoms with van der Waals surface area (Å²) in [6.45, 7) is -0.776. The molecule has 0 fully saturated rings. The first-order chi connectivity index (χ1) is 9.74. The Bertz CT molecular complexity index is 559. The molecule has 0 saturated carbocycles. The van der Waals surface area contributed by atoms with Crippen molar-refractivity contribution in [3.05, 3.63) is 30.1 Å². The average molecular weight is 306 g/mol. The number of hydrogen-bond acceptors (Lipinski definition) is 4. The SMILES string of the molecule is O=C(COc1ccc(F)cc1)N1N=CC[C@]1(O)C(F)(F)F. The minimum atomic E-state index is -5.05. The van der Waals surface area contributed by atoms with Gasteiger partial charge in [-0.1, -0.05) is 0 Å². The van der Waals surface area contributed by atoms with Crippen LogP contribution in [0.5, 0.6) is 5.75 Å². The molecule has 0 saturated heterocycles. The summed E-state index contributed by atoms with van der Waals surface area (Å²) in [5, 5.41) is 12.7. The molecule has 9 heteroatoms. The Morgan fingerprint density at radius 1 is 1.38 bits per heavy atom. The quantitative estimate of drug-likeness (QED) is 0.864. The van der Waals surface area contributed by atoms with E-state index in [0.29, 0.717) is 0 Å². The lowest BCUT2D eigenvalue weighted by Crippen LogP contribution is -2.57. The molecule has 1 N–H and O–H groups in total. The Labute approximate surface area is 116 Å². The van der Waals surface area contributed by atoms with Gasteiger partial charge in [-0.3, -0.25) is 4.79 Å². The molecule has 1 heterocycles. The van der Waals surface area contributed by atoms with Crippen molar-refractivity contribution in [2.24, 2.45) is 5.10 Å². The highest BCUT2D eigenvalue weighted by Crippen LogP contribution is 2.38. The van der Waals surface area contributed by atoms with Crippen molar-refractivity contribution in [2.45, 2.75) is 18.3 Å². The van der Waals surface area contributed by atoms with E-state index >= 15 is 0 Å². The number of alkyl halides is 3. The van der Waals surface area contributed by atoms with Crippen LogP contribution in [0.2, 0.25) is 0 Å². The van der Waals surface area contributed by atoms with Crippen LogP contribution in [0.1, 0.15) is 6.42 Å². The van der Waals surface area contributed by atoms with Gasteiger partial charge in [0.15, 0.2) is 6.61 Å². The van der Waals surface area contributed by atoms with E-state index in [1.807, 2.05) is 0 Å². The van der Waals surface area contributed by atoms with E-state index in [1.165, 1.54) is 12.1 Å².